The van der Waals surface area contributed by atoms with Crippen LogP contribution in [0, 0.1) is 0 Å². The van der Waals surface area contributed by atoms with E-state index in [1.54, 1.807) is 6.20 Å². The second-order valence-electron chi connectivity index (χ2n) is 7.80. The molecular weight excluding hydrogens is 412 g/mol. The van der Waals surface area contributed by atoms with Crippen LogP contribution in [0.15, 0.2) is 89.2 Å². The number of aromatic nitrogens is 1. The van der Waals surface area contributed by atoms with Gasteiger partial charge in [-0.2, -0.15) is 0 Å². The zero-order valence-corrected chi connectivity index (χ0v) is 18.5. The van der Waals surface area contributed by atoms with E-state index in [1.165, 1.54) is 0 Å². The van der Waals surface area contributed by atoms with Gasteiger partial charge >= 0.3 is 0 Å². The van der Waals surface area contributed by atoms with Gasteiger partial charge in [0, 0.05) is 17.6 Å². The molecule has 3 N–H and O–H groups in total. The van der Waals surface area contributed by atoms with E-state index < -0.39 is 0 Å². The monoisotopic (exact) mass is 440 g/mol. The Morgan fingerprint density at radius 3 is 2.48 bits per heavy atom. The molecule has 0 unspecified atom stereocenters. The molecule has 0 bridgehead atoms. The van der Waals surface area contributed by atoms with Crippen molar-refractivity contribution < 1.29 is 9.84 Å². The smallest absolute Gasteiger partial charge is 0.128 e. The number of rotatable bonds is 10. The standard InChI is InChI=1S/C27H28N4O2/c28-27-22-10-4-3-9-20(22)13-15-25(27)31-30-21-14-16-24(29-19-21)23-11-5-6-12-26(23)33-18-8-2-1-7-17-32/h3-6,9-16,19,32H,1-2,7-8,17-18,28H2. The summed E-state index contributed by atoms with van der Waals surface area (Å²) in [5.41, 5.74) is 9.93. The molecule has 0 spiro atoms. The number of nitrogen functional groups attached to an aromatic ring is 1. The number of fused-ring (bicyclic) bond motifs is 1. The number of anilines is 1. The number of nitrogens with two attached hydrogens (primary N) is 1. The number of unbranched alkanes of at least 4 members (excludes halogenated alkanes) is 3. The van der Waals surface area contributed by atoms with Gasteiger partial charge in [-0.25, -0.2) is 0 Å². The highest BCUT2D eigenvalue weighted by Gasteiger charge is 2.08. The maximum Gasteiger partial charge on any atom is 0.128 e. The first-order valence-electron chi connectivity index (χ1n) is 11.2. The zero-order valence-electron chi connectivity index (χ0n) is 18.5. The van der Waals surface area contributed by atoms with Crippen molar-refractivity contribution in [3.8, 4) is 17.0 Å². The van der Waals surface area contributed by atoms with E-state index in [0.717, 1.165) is 53.5 Å². The Hall–Kier alpha value is -3.77. The molecule has 6 nitrogen and oxygen atoms in total. The number of nitrogens with zero attached hydrogens (tertiary/aromatic N) is 3. The highest BCUT2D eigenvalue weighted by Crippen LogP contribution is 2.33. The molecule has 168 valence electrons. The Kier molecular flexibility index (Phi) is 7.61. The topological polar surface area (TPSA) is 93.1 Å². The predicted molar refractivity (Wildman–Crippen MR) is 133 cm³/mol. The normalized spacial score (nSPS) is 11.3. The molecule has 4 rings (SSSR count). The average Bonchev–Trinajstić information content (AvgIpc) is 2.86. The van der Waals surface area contributed by atoms with E-state index in [2.05, 4.69) is 15.2 Å². The van der Waals surface area contributed by atoms with Gasteiger partial charge in [-0.1, -0.05) is 48.9 Å². The summed E-state index contributed by atoms with van der Waals surface area (Å²) >= 11 is 0. The van der Waals surface area contributed by atoms with Gasteiger partial charge in [0.25, 0.3) is 0 Å². The van der Waals surface area contributed by atoms with Gasteiger partial charge in [0.05, 0.1) is 24.2 Å². The summed E-state index contributed by atoms with van der Waals surface area (Å²) in [6.45, 7) is 0.891. The van der Waals surface area contributed by atoms with Crippen molar-refractivity contribution in [2.75, 3.05) is 18.9 Å². The Morgan fingerprint density at radius 1 is 0.818 bits per heavy atom. The van der Waals surface area contributed by atoms with Crippen molar-refractivity contribution in [3.05, 3.63) is 79.0 Å². The molecule has 0 amide bonds. The van der Waals surface area contributed by atoms with Crippen molar-refractivity contribution in [2.24, 2.45) is 10.2 Å². The van der Waals surface area contributed by atoms with Crippen LogP contribution in [0.3, 0.4) is 0 Å². The molecule has 3 aromatic carbocycles. The molecule has 1 aromatic heterocycles. The number of pyridine rings is 1. The number of aliphatic hydroxyl groups is 1. The lowest BCUT2D eigenvalue weighted by atomic mass is 10.1. The molecule has 0 saturated heterocycles. The summed E-state index contributed by atoms with van der Waals surface area (Å²) in [5, 5.41) is 19.6. The number of azo groups is 1. The summed E-state index contributed by atoms with van der Waals surface area (Å²) < 4.78 is 6.00. The summed E-state index contributed by atoms with van der Waals surface area (Å²) in [6.07, 6.45) is 5.56. The lowest BCUT2D eigenvalue weighted by Gasteiger charge is -2.11. The van der Waals surface area contributed by atoms with Crippen molar-refractivity contribution in [1.82, 2.24) is 4.98 Å². The third-order valence-corrected chi connectivity index (χ3v) is 5.44. The largest absolute Gasteiger partial charge is 0.493 e. The van der Waals surface area contributed by atoms with Gasteiger partial charge in [0.2, 0.25) is 0 Å². The molecular formula is C27H28N4O2. The van der Waals surface area contributed by atoms with Crippen molar-refractivity contribution in [3.63, 3.8) is 0 Å². The fourth-order valence-electron chi connectivity index (χ4n) is 3.64. The second-order valence-corrected chi connectivity index (χ2v) is 7.80. The second kappa shape index (κ2) is 11.2. The molecule has 0 aliphatic carbocycles. The number of ether oxygens (including phenoxy) is 1. The maximum atomic E-state index is 8.87. The van der Waals surface area contributed by atoms with Crippen LogP contribution in [0.4, 0.5) is 17.1 Å². The molecule has 0 radical (unpaired) electrons. The zero-order chi connectivity index (χ0) is 22.9. The molecule has 0 fully saturated rings. The van der Waals surface area contributed by atoms with Crippen LogP contribution in [0.5, 0.6) is 5.75 Å². The number of hydrogen-bond acceptors (Lipinski definition) is 6. The third-order valence-electron chi connectivity index (χ3n) is 5.44. The number of benzene rings is 3. The molecule has 0 saturated carbocycles. The van der Waals surface area contributed by atoms with Crippen LogP contribution in [0.1, 0.15) is 25.7 Å². The minimum absolute atomic E-state index is 0.251. The first kappa shape index (κ1) is 22.4. The third kappa shape index (κ3) is 5.73. The van der Waals surface area contributed by atoms with Crippen LogP contribution >= 0.6 is 0 Å². The lowest BCUT2D eigenvalue weighted by Crippen LogP contribution is -1.99. The minimum Gasteiger partial charge on any atom is -0.493 e. The summed E-state index contributed by atoms with van der Waals surface area (Å²) in [6, 6.07) is 23.5. The Bertz CT molecular complexity index is 1220. The van der Waals surface area contributed by atoms with Gasteiger partial charge in [0.1, 0.15) is 17.1 Å². The summed E-state index contributed by atoms with van der Waals surface area (Å²) in [5.74, 6) is 0.811. The molecule has 4 aromatic rings. The van der Waals surface area contributed by atoms with Crippen molar-refractivity contribution >= 4 is 27.8 Å². The van der Waals surface area contributed by atoms with E-state index >= 15 is 0 Å². The fourth-order valence-corrected chi connectivity index (χ4v) is 3.64. The van der Waals surface area contributed by atoms with Crippen LogP contribution in [0.25, 0.3) is 22.0 Å². The highest BCUT2D eigenvalue weighted by molar-refractivity contribution is 5.98. The van der Waals surface area contributed by atoms with Crippen LogP contribution in [-0.2, 0) is 0 Å². The minimum atomic E-state index is 0.251. The first-order chi connectivity index (χ1) is 16.3. The van der Waals surface area contributed by atoms with E-state index in [4.69, 9.17) is 15.6 Å². The summed E-state index contributed by atoms with van der Waals surface area (Å²) in [7, 11) is 0. The Labute approximate surface area is 193 Å². The van der Waals surface area contributed by atoms with Crippen molar-refractivity contribution in [1.29, 1.82) is 0 Å². The summed E-state index contributed by atoms with van der Waals surface area (Å²) in [4.78, 5) is 4.57. The molecule has 0 aliphatic rings. The van der Waals surface area contributed by atoms with Crippen LogP contribution in [-0.4, -0.2) is 23.3 Å². The van der Waals surface area contributed by atoms with Gasteiger partial charge in [0.15, 0.2) is 0 Å². The SMILES string of the molecule is Nc1c(N=Nc2ccc(-c3ccccc3OCCCCCCO)nc2)ccc2ccccc12. The van der Waals surface area contributed by atoms with Gasteiger partial charge < -0.3 is 15.6 Å². The van der Waals surface area contributed by atoms with Gasteiger partial charge in [-0.3, -0.25) is 4.98 Å². The van der Waals surface area contributed by atoms with Crippen molar-refractivity contribution in [2.45, 2.75) is 25.7 Å². The number of aliphatic hydroxyl groups excluding tert-OH is 1. The molecule has 6 heteroatoms. The average molecular weight is 441 g/mol. The van der Waals surface area contributed by atoms with Gasteiger partial charge in [-0.05, 0) is 55.0 Å². The van der Waals surface area contributed by atoms with Crippen LogP contribution in [0.2, 0.25) is 0 Å². The molecule has 1 heterocycles. The Balaban J connectivity index is 1.44. The maximum absolute atomic E-state index is 8.87. The molecule has 0 atom stereocenters. The quantitative estimate of drug-likeness (QED) is 0.160. The molecule has 0 aliphatic heterocycles. The highest BCUT2D eigenvalue weighted by atomic mass is 16.5. The molecule has 33 heavy (non-hydrogen) atoms. The van der Waals surface area contributed by atoms with E-state index in [-0.39, 0.29) is 6.61 Å². The predicted octanol–water partition coefficient (Wildman–Crippen LogP) is 6.83. The number of para-hydroxylation sites is 1. The lowest BCUT2D eigenvalue weighted by molar-refractivity contribution is 0.273. The van der Waals surface area contributed by atoms with E-state index in [0.29, 0.717) is 23.7 Å². The van der Waals surface area contributed by atoms with Gasteiger partial charge in [-0.15, -0.1) is 10.2 Å². The fraction of sp³-hybridized carbons (Fsp3) is 0.222. The van der Waals surface area contributed by atoms with E-state index in [1.807, 2.05) is 72.8 Å². The van der Waals surface area contributed by atoms with Crippen LogP contribution < -0.4 is 10.5 Å². The van der Waals surface area contributed by atoms with E-state index in [9.17, 15) is 0 Å². The number of hydrogen-bond donors (Lipinski definition) is 2. The first-order valence-corrected chi connectivity index (χ1v) is 11.2. The Morgan fingerprint density at radius 2 is 1.64 bits per heavy atom.